The van der Waals surface area contributed by atoms with Gasteiger partial charge in [-0.15, -0.1) is 11.6 Å². The SMILES string of the molecule is Cc1ccc(Br)cc1C(=O)N(C)CCC(C)Cl. The maximum absolute atomic E-state index is 12.2. The van der Waals surface area contributed by atoms with Crippen LogP contribution in [0.2, 0.25) is 0 Å². The van der Waals surface area contributed by atoms with Gasteiger partial charge >= 0.3 is 0 Å². The lowest BCUT2D eigenvalue weighted by molar-refractivity contribution is 0.0793. The number of amides is 1. The molecule has 1 aromatic rings. The second-order valence-electron chi connectivity index (χ2n) is 4.26. The van der Waals surface area contributed by atoms with Crippen LogP contribution in [-0.4, -0.2) is 29.8 Å². The molecular weight excluding hydrogens is 302 g/mol. The second-order valence-corrected chi connectivity index (χ2v) is 5.92. The van der Waals surface area contributed by atoms with Crippen molar-refractivity contribution in [1.82, 2.24) is 4.90 Å². The fraction of sp³-hybridized carbons (Fsp3) is 0.462. The molecule has 1 unspecified atom stereocenters. The first-order valence-electron chi connectivity index (χ1n) is 5.57. The van der Waals surface area contributed by atoms with Crippen molar-refractivity contribution < 1.29 is 4.79 Å². The van der Waals surface area contributed by atoms with Crippen LogP contribution in [0.25, 0.3) is 0 Å². The van der Waals surface area contributed by atoms with E-state index in [2.05, 4.69) is 15.9 Å². The second kappa shape index (κ2) is 6.41. The van der Waals surface area contributed by atoms with Crippen molar-refractivity contribution in [1.29, 1.82) is 0 Å². The number of halogens is 2. The van der Waals surface area contributed by atoms with Crippen LogP contribution in [0.5, 0.6) is 0 Å². The Kier molecular flexibility index (Phi) is 5.47. The molecule has 0 aliphatic rings. The van der Waals surface area contributed by atoms with Crippen LogP contribution in [0.4, 0.5) is 0 Å². The third-order valence-electron chi connectivity index (χ3n) is 2.64. The molecule has 4 heteroatoms. The first-order valence-corrected chi connectivity index (χ1v) is 6.80. The van der Waals surface area contributed by atoms with Crippen LogP contribution in [0.15, 0.2) is 22.7 Å². The van der Waals surface area contributed by atoms with E-state index in [1.165, 1.54) is 0 Å². The molecule has 1 atom stereocenters. The van der Waals surface area contributed by atoms with Crippen molar-refractivity contribution in [3.05, 3.63) is 33.8 Å². The van der Waals surface area contributed by atoms with Gasteiger partial charge in [0, 0.05) is 29.0 Å². The Bertz CT molecular complexity index is 406. The largest absolute Gasteiger partial charge is 0.342 e. The van der Waals surface area contributed by atoms with Crippen LogP contribution < -0.4 is 0 Å². The molecule has 0 saturated carbocycles. The Morgan fingerprint density at radius 1 is 1.53 bits per heavy atom. The molecule has 0 fully saturated rings. The van der Waals surface area contributed by atoms with Crippen LogP contribution in [0.1, 0.15) is 29.3 Å². The number of carbonyl (C=O) groups excluding carboxylic acids is 1. The lowest BCUT2D eigenvalue weighted by Crippen LogP contribution is -2.29. The number of alkyl halides is 1. The topological polar surface area (TPSA) is 20.3 Å². The summed E-state index contributed by atoms with van der Waals surface area (Å²) in [5.41, 5.74) is 1.73. The minimum atomic E-state index is 0.0427. The Balaban J connectivity index is 2.78. The molecular formula is C13H17BrClNO. The van der Waals surface area contributed by atoms with Crippen LogP contribution in [0.3, 0.4) is 0 Å². The molecule has 0 spiro atoms. The molecule has 0 N–H and O–H groups in total. The summed E-state index contributed by atoms with van der Waals surface area (Å²) in [6.45, 7) is 4.55. The van der Waals surface area contributed by atoms with Gasteiger partial charge in [-0.3, -0.25) is 4.79 Å². The van der Waals surface area contributed by atoms with E-state index < -0.39 is 0 Å². The van der Waals surface area contributed by atoms with E-state index >= 15 is 0 Å². The summed E-state index contributed by atoms with van der Waals surface area (Å²) in [6.07, 6.45) is 0.802. The van der Waals surface area contributed by atoms with Crippen LogP contribution in [-0.2, 0) is 0 Å². The average Bonchev–Trinajstić information content (AvgIpc) is 2.28. The highest BCUT2D eigenvalue weighted by atomic mass is 79.9. The molecule has 2 nitrogen and oxygen atoms in total. The minimum Gasteiger partial charge on any atom is -0.342 e. The number of nitrogens with zero attached hydrogens (tertiary/aromatic N) is 1. The summed E-state index contributed by atoms with van der Waals surface area (Å²) in [7, 11) is 1.81. The van der Waals surface area contributed by atoms with E-state index in [4.69, 9.17) is 11.6 Å². The normalized spacial score (nSPS) is 12.3. The Hall–Kier alpha value is -0.540. The van der Waals surface area contributed by atoms with Gasteiger partial charge in [0.15, 0.2) is 0 Å². The zero-order chi connectivity index (χ0) is 13.0. The van der Waals surface area contributed by atoms with E-state index in [9.17, 15) is 4.79 Å². The van der Waals surface area contributed by atoms with Crippen molar-refractivity contribution in [2.75, 3.05) is 13.6 Å². The highest BCUT2D eigenvalue weighted by Crippen LogP contribution is 2.17. The quantitative estimate of drug-likeness (QED) is 0.772. The van der Waals surface area contributed by atoms with E-state index in [1.807, 2.05) is 39.1 Å². The monoisotopic (exact) mass is 317 g/mol. The standard InChI is InChI=1S/C13H17BrClNO/c1-9-4-5-11(14)8-12(9)13(17)16(3)7-6-10(2)15/h4-5,8,10H,6-7H2,1-3H3. The van der Waals surface area contributed by atoms with Crippen LogP contribution >= 0.6 is 27.5 Å². The number of benzene rings is 1. The first kappa shape index (κ1) is 14.5. The van der Waals surface area contributed by atoms with Crippen molar-refractivity contribution >= 4 is 33.4 Å². The van der Waals surface area contributed by atoms with Gasteiger partial charge in [0.05, 0.1) is 0 Å². The molecule has 0 aliphatic heterocycles. The van der Waals surface area contributed by atoms with E-state index in [0.717, 1.165) is 22.0 Å². The Morgan fingerprint density at radius 2 is 2.18 bits per heavy atom. The van der Waals surface area contributed by atoms with Crippen molar-refractivity contribution in [2.24, 2.45) is 0 Å². The molecule has 0 aliphatic carbocycles. The maximum Gasteiger partial charge on any atom is 0.253 e. The summed E-state index contributed by atoms with van der Waals surface area (Å²) in [6, 6.07) is 5.74. The molecule has 0 bridgehead atoms. The van der Waals surface area contributed by atoms with Gasteiger partial charge in [0.1, 0.15) is 0 Å². The smallest absolute Gasteiger partial charge is 0.253 e. The van der Waals surface area contributed by atoms with Crippen molar-refractivity contribution in [2.45, 2.75) is 25.6 Å². The first-order chi connectivity index (χ1) is 7.91. The minimum absolute atomic E-state index is 0.0427. The van der Waals surface area contributed by atoms with Gasteiger partial charge in [-0.1, -0.05) is 22.0 Å². The number of hydrogen-bond donors (Lipinski definition) is 0. The maximum atomic E-state index is 12.2. The highest BCUT2D eigenvalue weighted by Gasteiger charge is 2.14. The summed E-state index contributed by atoms with van der Waals surface area (Å²) in [4.78, 5) is 13.9. The molecule has 17 heavy (non-hydrogen) atoms. The summed E-state index contributed by atoms with van der Waals surface area (Å²) >= 11 is 9.27. The Labute approximate surface area is 116 Å². The molecule has 0 heterocycles. The molecule has 1 rings (SSSR count). The van der Waals surface area contributed by atoms with Gasteiger partial charge in [-0.05, 0) is 38.0 Å². The molecule has 1 amide bonds. The molecule has 0 radical (unpaired) electrons. The van der Waals surface area contributed by atoms with Gasteiger partial charge in [0.2, 0.25) is 0 Å². The third-order valence-corrected chi connectivity index (χ3v) is 3.35. The fourth-order valence-electron chi connectivity index (χ4n) is 1.50. The van der Waals surface area contributed by atoms with E-state index in [-0.39, 0.29) is 11.3 Å². The van der Waals surface area contributed by atoms with E-state index in [1.54, 1.807) is 4.90 Å². The van der Waals surface area contributed by atoms with Crippen molar-refractivity contribution in [3.8, 4) is 0 Å². The Morgan fingerprint density at radius 3 is 2.76 bits per heavy atom. The number of rotatable bonds is 4. The number of aryl methyl sites for hydroxylation is 1. The third kappa shape index (κ3) is 4.32. The summed E-state index contributed by atoms with van der Waals surface area (Å²) < 4.78 is 0.922. The van der Waals surface area contributed by atoms with Gasteiger partial charge in [-0.25, -0.2) is 0 Å². The summed E-state index contributed by atoms with van der Waals surface area (Å²) in [5, 5.41) is 0.0915. The van der Waals surface area contributed by atoms with E-state index in [0.29, 0.717) is 6.54 Å². The van der Waals surface area contributed by atoms with Gasteiger partial charge in [0.25, 0.3) is 5.91 Å². The highest BCUT2D eigenvalue weighted by molar-refractivity contribution is 9.10. The molecule has 94 valence electrons. The zero-order valence-electron chi connectivity index (χ0n) is 10.3. The zero-order valence-corrected chi connectivity index (χ0v) is 12.7. The summed E-state index contributed by atoms with van der Waals surface area (Å²) in [5.74, 6) is 0.0427. The lowest BCUT2D eigenvalue weighted by Gasteiger charge is -2.19. The predicted octanol–water partition coefficient (Wildman–Crippen LogP) is 3.85. The number of hydrogen-bond acceptors (Lipinski definition) is 1. The average molecular weight is 319 g/mol. The fourth-order valence-corrected chi connectivity index (χ4v) is 1.96. The van der Waals surface area contributed by atoms with Gasteiger partial charge < -0.3 is 4.90 Å². The molecule has 0 aromatic heterocycles. The lowest BCUT2D eigenvalue weighted by atomic mass is 10.1. The van der Waals surface area contributed by atoms with Crippen molar-refractivity contribution in [3.63, 3.8) is 0 Å². The predicted molar refractivity (Wildman–Crippen MR) is 75.8 cm³/mol. The molecule has 0 saturated heterocycles. The molecule has 1 aromatic carbocycles. The van der Waals surface area contributed by atoms with Gasteiger partial charge in [-0.2, -0.15) is 0 Å². The van der Waals surface area contributed by atoms with Crippen LogP contribution in [0, 0.1) is 6.92 Å². The number of carbonyl (C=O) groups is 1.